The molecule has 2 nitrogen and oxygen atoms in total. The average Bonchev–Trinajstić information content (AvgIpc) is 2.15. The molecular formula is C11H14FNO. The van der Waals surface area contributed by atoms with Crippen LogP contribution in [-0.2, 0) is 0 Å². The van der Waals surface area contributed by atoms with Gasteiger partial charge < -0.3 is 5.73 Å². The van der Waals surface area contributed by atoms with Gasteiger partial charge in [-0.05, 0) is 25.5 Å². The Kier molecular flexibility index (Phi) is 3.77. The molecule has 1 aromatic rings. The Morgan fingerprint density at radius 2 is 2.14 bits per heavy atom. The van der Waals surface area contributed by atoms with E-state index in [9.17, 15) is 9.18 Å². The Balaban J connectivity index is 2.65. The molecule has 14 heavy (non-hydrogen) atoms. The number of nitrogens with two attached hydrogens (primary N) is 1. The number of ketones is 1. The van der Waals surface area contributed by atoms with E-state index in [0.717, 1.165) is 0 Å². The Bertz CT molecular complexity index is 323. The van der Waals surface area contributed by atoms with Gasteiger partial charge in [-0.15, -0.1) is 0 Å². The van der Waals surface area contributed by atoms with Crippen LogP contribution >= 0.6 is 0 Å². The topological polar surface area (TPSA) is 43.1 Å². The van der Waals surface area contributed by atoms with Crippen LogP contribution in [0.2, 0.25) is 0 Å². The molecule has 3 heteroatoms. The van der Waals surface area contributed by atoms with Crippen LogP contribution < -0.4 is 5.73 Å². The second-order valence-electron chi connectivity index (χ2n) is 3.42. The number of Topliss-reactive ketones (excluding diaryl/α,β-unsaturated/α-hetero) is 1. The van der Waals surface area contributed by atoms with Crippen molar-refractivity contribution >= 4 is 5.78 Å². The molecule has 1 rings (SSSR count). The summed E-state index contributed by atoms with van der Waals surface area (Å²) in [5.41, 5.74) is 5.67. The molecule has 0 heterocycles. The zero-order valence-electron chi connectivity index (χ0n) is 8.16. The minimum atomic E-state index is -0.456. The van der Waals surface area contributed by atoms with Gasteiger partial charge in [0.2, 0.25) is 0 Å². The van der Waals surface area contributed by atoms with Gasteiger partial charge in [-0.1, -0.05) is 12.1 Å². The van der Waals surface area contributed by atoms with Crippen molar-refractivity contribution in [2.24, 2.45) is 5.73 Å². The molecule has 0 radical (unpaired) electrons. The predicted octanol–water partition coefficient (Wildman–Crippen LogP) is 2.14. The first kappa shape index (κ1) is 10.9. The lowest BCUT2D eigenvalue weighted by molar-refractivity contribution is 0.0974. The van der Waals surface area contributed by atoms with E-state index in [4.69, 9.17) is 5.73 Å². The van der Waals surface area contributed by atoms with E-state index in [1.165, 1.54) is 12.1 Å². The van der Waals surface area contributed by atoms with Gasteiger partial charge in [0.1, 0.15) is 5.82 Å². The highest BCUT2D eigenvalue weighted by Gasteiger charge is 2.10. The van der Waals surface area contributed by atoms with Crippen molar-refractivity contribution in [3.05, 3.63) is 35.6 Å². The Morgan fingerprint density at radius 3 is 2.71 bits per heavy atom. The van der Waals surface area contributed by atoms with Gasteiger partial charge in [0.15, 0.2) is 5.78 Å². The van der Waals surface area contributed by atoms with Gasteiger partial charge in [-0.3, -0.25) is 4.79 Å². The second-order valence-corrected chi connectivity index (χ2v) is 3.42. The predicted molar refractivity (Wildman–Crippen MR) is 53.6 cm³/mol. The van der Waals surface area contributed by atoms with Crippen molar-refractivity contribution < 1.29 is 9.18 Å². The summed E-state index contributed by atoms with van der Waals surface area (Å²) in [5, 5.41) is 0. The van der Waals surface area contributed by atoms with Crippen molar-refractivity contribution in [1.29, 1.82) is 0 Å². The average molecular weight is 195 g/mol. The van der Waals surface area contributed by atoms with Gasteiger partial charge in [0.25, 0.3) is 0 Å². The zero-order valence-corrected chi connectivity index (χ0v) is 8.16. The van der Waals surface area contributed by atoms with Crippen LogP contribution in [0.15, 0.2) is 24.3 Å². The number of carbonyl (C=O) groups excluding carboxylic acids is 1. The molecule has 0 saturated heterocycles. The van der Waals surface area contributed by atoms with E-state index in [2.05, 4.69) is 0 Å². The quantitative estimate of drug-likeness (QED) is 0.748. The smallest absolute Gasteiger partial charge is 0.165 e. The van der Waals surface area contributed by atoms with Crippen molar-refractivity contribution in [3.8, 4) is 0 Å². The van der Waals surface area contributed by atoms with E-state index in [1.807, 2.05) is 6.92 Å². The van der Waals surface area contributed by atoms with Gasteiger partial charge >= 0.3 is 0 Å². The third kappa shape index (κ3) is 2.92. The third-order valence-corrected chi connectivity index (χ3v) is 2.00. The van der Waals surface area contributed by atoms with Crippen LogP contribution in [0.4, 0.5) is 4.39 Å². The highest BCUT2D eigenvalue weighted by molar-refractivity contribution is 5.96. The summed E-state index contributed by atoms with van der Waals surface area (Å²) >= 11 is 0. The molecule has 0 aromatic heterocycles. The summed E-state index contributed by atoms with van der Waals surface area (Å²) in [4.78, 5) is 11.5. The molecular weight excluding hydrogens is 181 g/mol. The molecule has 0 bridgehead atoms. The minimum absolute atomic E-state index is 0.0225. The maximum atomic E-state index is 13.1. The van der Waals surface area contributed by atoms with E-state index < -0.39 is 5.82 Å². The van der Waals surface area contributed by atoms with E-state index in [0.29, 0.717) is 12.8 Å². The van der Waals surface area contributed by atoms with Crippen LogP contribution in [0.1, 0.15) is 30.1 Å². The molecule has 1 unspecified atom stereocenters. The normalized spacial score (nSPS) is 12.5. The molecule has 0 amide bonds. The number of carbonyl (C=O) groups is 1. The first-order valence-corrected chi connectivity index (χ1v) is 4.64. The molecule has 2 N–H and O–H groups in total. The number of rotatable bonds is 4. The fourth-order valence-electron chi connectivity index (χ4n) is 1.18. The number of benzene rings is 1. The summed E-state index contributed by atoms with van der Waals surface area (Å²) < 4.78 is 13.1. The van der Waals surface area contributed by atoms with Crippen molar-refractivity contribution in [2.45, 2.75) is 25.8 Å². The highest BCUT2D eigenvalue weighted by atomic mass is 19.1. The molecule has 1 atom stereocenters. The fraction of sp³-hybridized carbons (Fsp3) is 0.364. The molecule has 0 aliphatic heterocycles. The largest absolute Gasteiger partial charge is 0.328 e. The number of hydrogen-bond donors (Lipinski definition) is 1. The maximum Gasteiger partial charge on any atom is 0.165 e. The summed E-state index contributed by atoms with van der Waals surface area (Å²) in [6.45, 7) is 1.83. The summed E-state index contributed by atoms with van der Waals surface area (Å²) in [5.74, 6) is -0.637. The minimum Gasteiger partial charge on any atom is -0.328 e. The Labute approximate surface area is 82.9 Å². The van der Waals surface area contributed by atoms with Gasteiger partial charge in [0, 0.05) is 12.5 Å². The third-order valence-electron chi connectivity index (χ3n) is 2.00. The number of hydrogen-bond acceptors (Lipinski definition) is 2. The van der Waals surface area contributed by atoms with E-state index >= 15 is 0 Å². The SMILES string of the molecule is CC(N)CCC(=O)c1ccccc1F. The van der Waals surface area contributed by atoms with Crippen LogP contribution in [0, 0.1) is 5.82 Å². The Hall–Kier alpha value is -1.22. The molecule has 0 aliphatic carbocycles. The molecule has 1 aromatic carbocycles. The van der Waals surface area contributed by atoms with Crippen LogP contribution in [-0.4, -0.2) is 11.8 Å². The lowest BCUT2D eigenvalue weighted by Gasteiger charge is -2.04. The van der Waals surface area contributed by atoms with Gasteiger partial charge in [0.05, 0.1) is 5.56 Å². The number of halogens is 1. The zero-order chi connectivity index (χ0) is 10.6. The second kappa shape index (κ2) is 4.86. The van der Waals surface area contributed by atoms with Crippen molar-refractivity contribution in [1.82, 2.24) is 0 Å². The molecule has 0 aliphatic rings. The van der Waals surface area contributed by atoms with Crippen LogP contribution in [0.5, 0.6) is 0 Å². The van der Waals surface area contributed by atoms with Crippen molar-refractivity contribution in [2.75, 3.05) is 0 Å². The molecule has 76 valence electrons. The summed E-state index contributed by atoms with van der Waals surface area (Å²) in [7, 11) is 0. The Morgan fingerprint density at radius 1 is 1.50 bits per heavy atom. The van der Waals surface area contributed by atoms with Crippen molar-refractivity contribution in [3.63, 3.8) is 0 Å². The molecule has 0 saturated carbocycles. The first-order chi connectivity index (χ1) is 6.61. The van der Waals surface area contributed by atoms with Gasteiger partial charge in [-0.2, -0.15) is 0 Å². The first-order valence-electron chi connectivity index (χ1n) is 4.64. The van der Waals surface area contributed by atoms with E-state index in [-0.39, 0.29) is 17.4 Å². The lowest BCUT2D eigenvalue weighted by Crippen LogP contribution is -2.16. The van der Waals surface area contributed by atoms with E-state index in [1.54, 1.807) is 12.1 Å². The highest BCUT2D eigenvalue weighted by Crippen LogP contribution is 2.10. The molecule has 0 fully saturated rings. The van der Waals surface area contributed by atoms with Crippen LogP contribution in [0.3, 0.4) is 0 Å². The lowest BCUT2D eigenvalue weighted by atomic mass is 10.0. The monoisotopic (exact) mass is 195 g/mol. The van der Waals surface area contributed by atoms with Crippen LogP contribution in [0.25, 0.3) is 0 Å². The summed E-state index contributed by atoms with van der Waals surface area (Å²) in [6, 6.07) is 5.99. The fourth-order valence-corrected chi connectivity index (χ4v) is 1.18. The molecule has 0 spiro atoms. The maximum absolute atomic E-state index is 13.1. The van der Waals surface area contributed by atoms with Gasteiger partial charge in [-0.25, -0.2) is 4.39 Å². The summed E-state index contributed by atoms with van der Waals surface area (Å²) in [6.07, 6.45) is 0.895. The standard InChI is InChI=1S/C11H14FNO/c1-8(13)6-7-11(14)9-4-2-3-5-10(9)12/h2-5,8H,6-7,13H2,1H3.